The van der Waals surface area contributed by atoms with Crippen LogP contribution in [0.2, 0.25) is 0 Å². The van der Waals surface area contributed by atoms with Crippen LogP contribution in [0.3, 0.4) is 0 Å². The number of thioether (sulfide) groups is 1. The summed E-state index contributed by atoms with van der Waals surface area (Å²) in [5.41, 5.74) is 4.62. The molecule has 1 unspecified atom stereocenters. The molecule has 0 fully saturated rings. The van der Waals surface area contributed by atoms with E-state index in [-0.39, 0.29) is 11.6 Å². The SMILES string of the molecule is CCCCOc1ccc(NC(=O)C(C)Sc2cccc(NC(=O)/C(=C\c3ccc(-c4ccccc4)cc3)NC(=O)c3ccccc3)c2)cc1. The van der Waals surface area contributed by atoms with Crippen molar-refractivity contribution in [1.82, 2.24) is 5.32 Å². The van der Waals surface area contributed by atoms with Crippen LogP contribution in [0.1, 0.15) is 42.6 Å². The smallest absolute Gasteiger partial charge is 0.272 e. The van der Waals surface area contributed by atoms with Crippen molar-refractivity contribution >= 4 is 46.9 Å². The molecule has 0 saturated carbocycles. The molecule has 49 heavy (non-hydrogen) atoms. The molecule has 7 nitrogen and oxygen atoms in total. The van der Waals surface area contributed by atoms with Crippen LogP contribution in [0.5, 0.6) is 5.75 Å². The third kappa shape index (κ3) is 10.4. The van der Waals surface area contributed by atoms with Crippen LogP contribution in [0, 0.1) is 0 Å². The molecule has 0 spiro atoms. The van der Waals surface area contributed by atoms with E-state index < -0.39 is 17.1 Å². The molecule has 0 radical (unpaired) electrons. The van der Waals surface area contributed by atoms with E-state index in [4.69, 9.17) is 4.74 Å². The summed E-state index contributed by atoms with van der Waals surface area (Å²) >= 11 is 1.37. The quantitative estimate of drug-likeness (QED) is 0.0623. The first-order valence-electron chi connectivity index (χ1n) is 16.2. The van der Waals surface area contributed by atoms with Gasteiger partial charge in [0, 0.05) is 21.8 Å². The van der Waals surface area contributed by atoms with Gasteiger partial charge in [-0.25, -0.2) is 0 Å². The summed E-state index contributed by atoms with van der Waals surface area (Å²) in [6, 6.07) is 41.1. The van der Waals surface area contributed by atoms with Gasteiger partial charge in [0.2, 0.25) is 5.91 Å². The second kappa shape index (κ2) is 17.5. The van der Waals surface area contributed by atoms with E-state index in [1.54, 1.807) is 42.5 Å². The molecule has 3 N–H and O–H groups in total. The molecule has 1 atom stereocenters. The average molecular weight is 670 g/mol. The maximum atomic E-state index is 13.6. The van der Waals surface area contributed by atoms with E-state index in [0.29, 0.717) is 23.5 Å². The number of rotatable bonds is 14. The molecule has 8 heteroatoms. The van der Waals surface area contributed by atoms with E-state index >= 15 is 0 Å². The van der Waals surface area contributed by atoms with Crippen molar-refractivity contribution in [2.75, 3.05) is 17.2 Å². The monoisotopic (exact) mass is 669 g/mol. The van der Waals surface area contributed by atoms with Crippen LogP contribution >= 0.6 is 11.8 Å². The van der Waals surface area contributed by atoms with Crippen LogP contribution < -0.4 is 20.7 Å². The minimum absolute atomic E-state index is 0.0916. The summed E-state index contributed by atoms with van der Waals surface area (Å²) in [6.07, 6.45) is 3.71. The zero-order valence-corrected chi connectivity index (χ0v) is 28.3. The Morgan fingerprint density at radius 2 is 1.41 bits per heavy atom. The van der Waals surface area contributed by atoms with Crippen molar-refractivity contribution in [1.29, 1.82) is 0 Å². The lowest BCUT2D eigenvalue weighted by Gasteiger charge is -2.14. The van der Waals surface area contributed by atoms with Gasteiger partial charge in [0.25, 0.3) is 11.8 Å². The van der Waals surface area contributed by atoms with Crippen LogP contribution in [-0.2, 0) is 9.59 Å². The highest BCUT2D eigenvalue weighted by Gasteiger charge is 2.18. The lowest BCUT2D eigenvalue weighted by molar-refractivity contribution is -0.115. The molecule has 0 saturated heterocycles. The highest BCUT2D eigenvalue weighted by Crippen LogP contribution is 2.27. The van der Waals surface area contributed by atoms with Crippen molar-refractivity contribution in [3.8, 4) is 16.9 Å². The minimum Gasteiger partial charge on any atom is -0.494 e. The molecule has 5 rings (SSSR count). The number of ether oxygens (including phenoxy) is 1. The average Bonchev–Trinajstić information content (AvgIpc) is 3.13. The predicted octanol–water partition coefficient (Wildman–Crippen LogP) is 9.06. The summed E-state index contributed by atoms with van der Waals surface area (Å²) < 4.78 is 5.70. The molecule has 0 aliphatic heterocycles. The lowest BCUT2D eigenvalue weighted by atomic mass is 10.0. The number of unbranched alkanes of at least 4 members (excludes halogenated alkanes) is 1. The van der Waals surface area contributed by atoms with Crippen molar-refractivity contribution in [3.05, 3.63) is 150 Å². The van der Waals surface area contributed by atoms with Crippen LogP contribution in [0.25, 0.3) is 17.2 Å². The first kappa shape index (κ1) is 34.7. The molecule has 3 amide bonds. The highest BCUT2D eigenvalue weighted by atomic mass is 32.2. The Morgan fingerprint density at radius 3 is 2.10 bits per heavy atom. The molecule has 0 heterocycles. The number of hydrogen-bond donors (Lipinski definition) is 3. The van der Waals surface area contributed by atoms with Crippen LogP contribution in [-0.4, -0.2) is 29.6 Å². The van der Waals surface area contributed by atoms with Crippen LogP contribution in [0.4, 0.5) is 11.4 Å². The molecule has 0 aliphatic rings. The zero-order chi connectivity index (χ0) is 34.4. The highest BCUT2D eigenvalue weighted by molar-refractivity contribution is 8.00. The summed E-state index contributed by atoms with van der Waals surface area (Å²) in [6.45, 7) is 4.61. The Morgan fingerprint density at radius 1 is 0.735 bits per heavy atom. The fourth-order valence-electron chi connectivity index (χ4n) is 4.83. The third-order valence-electron chi connectivity index (χ3n) is 7.52. The van der Waals surface area contributed by atoms with Crippen LogP contribution in [0.15, 0.2) is 144 Å². The van der Waals surface area contributed by atoms with E-state index in [9.17, 15) is 14.4 Å². The van der Waals surface area contributed by atoms with Gasteiger partial charge in [0.05, 0.1) is 11.9 Å². The molecule has 0 aromatic heterocycles. The number of amides is 3. The Kier molecular flexibility index (Phi) is 12.4. The van der Waals surface area contributed by atoms with Crippen molar-refractivity contribution < 1.29 is 19.1 Å². The van der Waals surface area contributed by atoms with Gasteiger partial charge in [0.1, 0.15) is 11.4 Å². The molecule has 5 aromatic carbocycles. The number of benzene rings is 5. The fraction of sp³-hybridized carbons (Fsp3) is 0.146. The van der Waals surface area contributed by atoms with Gasteiger partial charge in [-0.05, 0) is 90.7 Å². The van der Waals surface area contributed by atoms with E-state index in [1.165, 1.54) is 11.8 Å². The van der Waals surface area contributed by atoms with E-state index in [1.807, 2.05) is 104 Å². The zero-order valence-electron chi connectivity index (χ0n) is 27.5. The summed E-state index contributed by atoms with van der Waals surface area (Å²) in [4.78, 5) is 40.5. The number of carbonyl (C=O) groups is 3. The minimum atomic E-state index is -0.480. The van der Waals surface area contributed by atoms with Gasteiger partial charge < -0.3 is 20.7 Å². The molecule has 0 aliphatic carbocycles. The Labute approximate surface area is 291 Å². The summed E-state index contributed by atoms with van der Waals surface area (Å²) in [5, 5.41) is 8.25. The fourth-order valence-corrected chi connectivity index (χ4v) is 5.75. The molecular formula is C41H39N3O4S. The van der Waals surface area contributed by atoms with Crippen molar-refractivity contribution in [3.63, 3.8) is 0 Å². The number of nitrogens with one attached hydrogen (secondary N) is 3. The summed E-state index contributed by atoms with van der Waals surface area (Å²) in [5.74, 6) is -0.255. The van der Waals surface area contributed by atoms with Crippen molar-refractivity contribution in [2.24, 2.45) is 0 Å². The van der Waals surface area contributed by atoms with E-state index in [0.717, 1.165) is 40.2 Å². The Hall–Kier alpha value is -5.60. The maximum absolute atomic E-state index is 13.6. The van der Waals surface area contributed by atoms with Gasteiger partial charge in [-0.15, -0.1) is 11.8 Å². The van der Waals surface area contributed by atoms with Crippen molar-refractivity contribution in [2.45, 2.75) is 36.8 Å². The second-order valence-electron chi connectivity index (χ2n) is 11.3. The van der Waals surface area contributed by atoms with Gasteiger partial charge in [-0.1, -0.05) is 92.2 Å². The second-order valence-corrected chi connectivity index (χ2v) is 12.7. The van der Waals surface area contributed by atoms with Gasteiger partial charge in [0.15, 0.2) is 0 Å². The first-order valence-corrected chi connectivity index (χ1v) is 17.1. The number of anilines is 2. The molecule has 5 aromatic rings. The first-order chi connectivity index (χ1) is 23.9. The molecule has 248 valence electrons. The van der Waals surface area contributed by atoms with Gasteiger partial charge in [-0.2, -0.15) is 0 Å². The van der Waals surface area contributed by atoms with Gasteiger partial charge in [-0.3, -0.25) is 14.4 Å². The standard InChI is InChI=1S/C41H39N3O4S/c1-3-4-26-48-36-24-22-34(23-25-36)42-39(45)29(2)49-37-17-11-16-35(28-37)43-41(47)38(44-40(46)33-14-9-6-10-15-33)27-30-18-20-32(21-19-30)31-12-7-5-8-13-31/h5-25,27-29H,3-4,26H2,1-2H3,(H,42,45)(H,43,47)(H,44,46)/b38-27+. The van der Waals surface area contributed by atoms with E-state index in [2.05, 4.69) is 22.9 Å². The summed E-state index contributed by atoms with van der Waals surface area (Å²) in [7, 11) is 0. The maximum Gasteiger partial charge on any atom is 0.272 e. The Bertz CT molecular complexity index is 1880. The third-order valence-corrected chi connectivity index (χ3v) is 8.61. The number of carbonyl (C=O) groups excluding carboxylic acids is 3. The topological polar surface area (TPSA) is 96.5 Å². The normalized spacial score (nSPS) is 11.7. The molecular weight excluding hydrogens is 631 g/mol. The predicted molar refractivity (Wildman–Crippen MR) is 200 cm³/mol. The van der Waals surface area contributed by atoms with Gasteiger partial charge >= 0.3 is 0 Å². The number of hydrogen-bond acceptors (Lipinski definition) is 5. The Balaban J connectivity index is 1.26. The largest absolute Gasteiger partial charge is 0.494 e. The lowest BCUT2D eigenvalue weighted by Crippen LogP contribution is -2.30. The molecule has 0 bridgehead atoms.